The van der Waals surface area contributed by atoms with Crippen LogP contribution in [-0.4, -0.2) is 42.5 Å². The van der Waals surface area contributed by atoms with E-state index in [9.17, 15) is 14.4 Å². The molecule has 0 aromatic rings. The second kappa shape index (κ2) is 9.82. The molecule has 0 spiro atoms. The molecule has 1 aliphatic heterocycles. The summed E-state index contributed by atoms with van der Waals surface area (Å²) in [5.74, 6) is -1.73. The highest BCUT2D eigenvalue weighted by Gasteiger charge is 2.36. The Morgan fingerprint density at radius 1 is 1.22 bits per heavy atom. The highest BCUT2D eigenvalue weighted by Crippen LogP contribution is 2.19. The number of carbonyl (C=O) groups excluding carboxylic acids is 3. The molecule has 0 saturated carbocycles. The van der Waals surface area contributed by atoms with Crippen LogP contribution in [0.15, 0.2) is 24.9 Å². The Morgan fingerprint density at radius 2 is 1.83 bits per heavy atom. The first-order chi connectivity index (χ1) is 11.0. The molecule has 23 heavy (non-hydrogen) atoms. The maximum absolute atomic E-state index is 11.8. The fraction of sp³-hybridized carbons (Fsp3) is 0.588. The van der Waals surface area contributed by atoms with Crippen molar-refractivity contribution in [2.24, 2.45) is 5.92 Å². The minimum atomic E-state index is -0.686. The summed E-state index contributed by atoms with van der Waals surface area (Å²) in [5, 5.41) is 0. The quantitative estimate of drug-likeness (QED) is 0.267. The molecule has 1 amide bonds. The smallest absolute Gasteiger partial charge is 0.333 e. The SMILES string of the molecule is C=CN1CCC(C(=O)OCCCCCCOC(=O)C(=C)C)C1=O. The molecule has 0 radical (unpaired) electrons. The maximum atomic E-state index is 11.8. The second-order valence-corrected chi connectivity index (χ2v) is 5.55. The third-order valence-corrected chi connectivity index (χ3v) is 3.61. The predicted molar refractivity (Wildman–Crippen MR) is 85.2 cm³/mol. The Balaban J connectivity index is 2.04. The summed E-state index contributed by atoms with van der Waals surface area (Å²) in [4.78, 5) is 36.2. The maximum Gasteiger partial charge on any atom is 0.333 e. The van der Waals surface area contributed by atoms with Crippen molar-refractivity contribution in [2.45, 2.75) is 39.0 Å². The lowest BCUT2D eigenvalue weighted by Gasteiger charge is -2.11. The highest BCUT2D eigenvalue weighted by molar-refractivity contribution is 5.99. The first-order valence-corrected chi connectivity index (χ1v) is 7.89. The van der Waals surface area contributed by atoms with Gasteiger partial charge in [-0.25, -0.2) is 4.79 Å². The van der Waals surface area contributed by atoms with E-state index in [0.29, 0.717) is 31.8 Å². The molecular formula is C17H25NO5. The molecule has 1 rings (SSSR count). The second-order valence-electron chi connectivity index (χ2n) is 5.55. The number of carbonyl (C=O) groups is 3. The molecule has 1 aliphatic rings. The summed E-state index contributed by atoms with van der Waals surface area (Å²) >= 11 is 0. The molecule has 0 aliphatic carbocycles. The van der Waals surface area contributed by atoms with Crippen LogP contribution >= 0.6 is 0 Å². The first kappa shape index (κ1) is 18.9. The molecule has 6 heteroatoms. The van der Waals surface area contributed by atoms with Crippen LogP contribution in [0.5, 0.6) is 0 Å². The number of amides is 1. The predicted octanol–water partition coefficient (Wildman–Crippen LogP) is 2.20. The number of hydrogen-bond acceptors (Lipinski definition) is 5. The topological polar surface area (TPSA) is 72.9 Å². The number of likely N-dealkylation sites (tertiary alicyclic amines) is 1. The summed E-state index contributed by atoms with van der Waals surface area (Å²) in [6.07, 6.45) is 5.17. The van der Waals surface area contributed by atoms with E-state index >= 15 is 0 Å². The van der Waals surface area contributed by atoms with Gasteiger partial charge >= 0.3 is 11.9 Å². The molecule has 1 heterocycles. The zero-order chi connectivity index (χ0) is 17.2. The Labute approximate surface area is 137 Å². The Kier molecular flexibility index (Phi) is 8.08. The van der Waals surface area contributed by atoms with Crippen LogP contribution in [0.25, 0.3) is 0 Å². The van der Waals surface area contributed by atoms with Gasteiger partial charge in [0.2, 0.25) is 5.91 Å². The fourth-order valence-corrected chi connectivity index (χ4v) is 2.22. The van der Waals surface area contributed by atoms with Crippen LogP contribution in [0, 0.1) is 5.92 Å². The van der Waals surface area contributed by atoms with Crippen LogP contribution in [-0.2, 0) is 23.9 Å². The molecule has 6 nitrogen and oxygen atoms in total. The third kappa shape index (κ3) is 6.26. The molecule has 0 bridgehead atoms. The van der Waals surface area contributed by atoms with Gasteiger partial charge in [0.05, 0.1) is 13.2 Å². The van der Waals surface area contributed by atoms with Crippen molar-refractivity contribution >= 4 is 17.8 Å². The molecule has 1 fully saturated rings. The summed E-state index contributed by atoms with van der Waals surface area (Å²) in [7, 11) is 0. The van der Waals surface area contributed by atoms with E-state index in [0.717, 1.165) is 25.7 Å². The van der Waals surface area contributed by atoms with Gasteiger partial charge in [0, 0.05) is 12.1 Å². The van der Waals surface area contributed by atoms with Gasteiger partial charge in [-0.15, -0.1) is 0 Å². The Hall–Kier alpha value is -2.11. The Bertz CT molecular complexity index is 472. The van der Waals surface area contributed by atoms with E-state index in [1.54, 1.807) is 6.92 Å². The molecular weight excluding hydrogens is 298 g/mol. The highest BCUT2D eigenvalue weighted by atomic mass is 16.5. The average molecular weight is 323 g/mol. The minimum absolute atomic E-state index is 0.232. The number of nitrogens with zero attached hydrogens (tertiary/aromatic N) is 1. The van der Waals surface area contributed by atoms with Crippen LogP contribution in [0.2, 0.25) is 0 Å². The van der Waals surface area contributed by atoms with Crippen molar-refractivity contribution in [3.05, 3.63) is 24.9 Å². The number of esters is 2. The Morgan fingerprint density at radius 3 is 2.35 bits per heavy atom. The number of hydrogen-bond donors (Lipinski definition) is 0. The fourth-order valence-electron chi connectivity index (χ4n) is 2.22. The molecule has 0 aromatic carbocycles. The molecule has 128 valence electrons. The van der Waals surface area contributed by atoms with Crippen LogP contribution in [0.3, 0.4) is 0 Å². The number of unbranched alkanes of at least 4 members (excludes halogenated alkanes) is 3. The van der Waals surface area contributed by atoms with Gasteiger partial charge in [0.15, 0.2) is 0 Å². The van der Waals surface area contributed by atoms with E-state index in [2.05, 4.69) is 13.2 Å². The third-order valence-electron chi connectivity index (χ3n) is 3.61. The lowest BCUT2D eigenvalue weighted by atomic mass is 10.1. The van der Waals surface area contributed by atoms with Crippen molar-refractivity contribution in [1.82, 2.24) is 4.90 Å². The lowest BCUT2D eigenvalue weighted by molar-refractivity contribution is -0.152. The van der Waals surface area contributed by atoms with Gasteiger partial charge in [-0.05, 0) is 45.2 Å². The van der Waals surface area contributed by atoms with Gasteiger partial charge in [-0.2, -0.15) is 0 Å². The van der Waals surface area contributed by atoms with E-state index in [1.165, 1.54) is 11.1 Å². The van der Waals surface area contributed by atoms with Crippen molar-refractivity contribution in [1.29, 1.82) is 0 Å². The molecule has 1 saturated heterocycles. The van der Waals surface area contributed by atoms with Crippen molar-refractivity contribution < 1.29 is 23.9 Å². The largest absolute Gasteiger partial charge is 0.465 e. The van der Waals surface area contributed by atoms with E-state index in [1.807, 2.05) is 0 Å². The van der Waals surface area contributed by atoms with Gasteiger partial charge < -0.3 is 14.4 Å². The van der Waals surface area contributed by atoms with Crippen LogP contribution < -0.4 is 0 Å². The van der Waals surface area contributed by atoms with Crippen molar-refractivity contribution in [3.63, 3.8) is 0 Å². The standard InChI is InChI=1S/C17H25NO5/c1-4-18-10-9-14(15(18)19)17(21)23-12-8-6-5-7-11-22-16(20)13(2)3/h4,14H,1-2,5-12H2,3H3. The summed E-state index contributed by atoms with van der Waals surface area (Å²) in [6.45, 7) is 9.85. The molecule has 0 N–H and O–H groups in total. The summed E-state index contributed by atoms with van der Waals surface area (Å²) in [6, 6.07) is 0. The zero-order valence-corrected chi connectivity index (χ0v) is 13.7. The van der Waals surface area contributed by atoms with Gasteiger partial charge in [0.25, 0.3) is 0 Å². The summed E-state index contributed by atoms with van der Waals surface area (Å²) < 4.78 is 10.1. The van der Waals surface area contributed by atoms with E-state index < -0.39 is 11.9 Å². The first-order valence-electron chi connectivity index (χ1n) is 7.89. The van der Waals surface area contributed by atoms with E-state index in [-0.39, 0.29) is 11.9 Å². The number of ether oxygens (including phenoxy) is 2. The van der Waals surface area contributed by atoms with Gasteiger partial charge in [0.1, 0.15) is 5.92 Å². The average Bonchev–Trinajstić information content (AvgIpc) is 2.90. The van der Waals surface area contributed by atoms with Crippen LogP contribution in [0.1, 0.15) is 39.0 Å². The molecule has 0 aromatic heterocycles. The minimum Gasteiger partial charge on any atom is -0.465 e. The van der Waals surface area contributed by atoms with E-state index in [4.69, 9.17) is 9.47 Å². The lowest BCUT2D eigenvalue weighted by Crippen LogP contribution is -2.27. The number of rotatable bonds is 10. The van der Waals surface area contributed by atoms with Crippen molar-refractivity contribution in [2.75, 3.05) is 19.8 Å². The zero-order valence-electron chi connectivity index (χ0n) is 13.7. The molecule has 1 unspecified atom stereocenters. The summed E-state index contributed by atoms with van der Waals surface area (Å²) in [5.41, 5.74) is 0.397. The van der Waals surface area contributed by atoms with Gasteiger partial charge in [-0.1, -0.05) is 13.2 Å². The van der Waals surface area contributed by atoms with Gasteiger partial charge in [-0.3, -0.25) is 9.59 Å². The normalized spacial score (nSPS) is 17.0. The van der Waals surface area contributed by atoms with Crippen molar-refractivity contribution in [3.8, 4) is 0 Å². The monoisotopic (exact) mass is 323 g/mol. The molecule has 1 atom stereocenters. The van der Waals surface area contributed by atoms with Crippen LogP contribution in [0.4, 0.5) is 0 Å².